The van der Waals surface area contributed by atoms with Crippen molar-refractivity contribution in [3.8, 4) is 0 Å². The highest BCUT2D eigenvalue weighted by Crippen LogP contribution is 2.38. The van der Waals surface area contributed by atoms with E-state index in [-0.39, 0.29) is 10.6 Å². The Hall–Kier alpha value is -1.09. The van der Waals surface area contributed by atoms with E-state index >= 15 is 0 Å². The monoisotopic (exact) mass is 342 g/mol. The summed E-state index contributed by atoms with van der Waals surface area (Å²) in [6, 6.07) is 2.53. The Morgan fingerprint density at radius 2 is 2.05 bits per heavy atom. The Labute approximate surface area is 128 Å². The Kier molecular flexibility index (Phi) is 6.66. The molecule has 0 atom stereocenters. The van der Waals surface area contributed by atoms with Crippen molar-refractivity contribution in [3.63, 3.8) is 0 Å². The lowest BCUT2D eigenvalue weighted by molar-refractivity contribution is -0.0328. The molecule has 0 bridgehead atoms. The number of hydrogen-bond acceptors (Lipinski definition) is 3. The van der Waals surface area contributed by atoms with Gasteiger partial charge in [0, 0.05) is 24.2 Å². The highest BCUT2D eigenvalue weighted by Gasteiger charge is 2.29. The van der Waals surface area contributed by atoms with Crippen LogP contribution in [0, 0.1) is 5.82 Å². The fourth-order valence-corrected chi connectivity index (χ4v) is 2.32. The van der Waals surface area contributed by atoms with Gasteiger partial charge in [0.2, 0.25) is 0 Å². The second-order valence-electron chi connectivity index (χ2n) is 3.94. The summed E-state index contributed by atoms with van der Waals surface area (Å²) in [7, 11) is 1.35. The molecule has 1 N–H and O–H groups in total. The Morgan fingerprint density at radius 3 is 2.57 bits per heavy atom. The number of nitrogens with one attached hydrogen (secondary N) is 1. The number of amides is 2. The molecule has 1 aromatic carbocycles. The first kappa shape index (κ1) is 18.0. The van der Waals surface area contributed by atoms with Crippen LogP contribution in [0.2, 0.25) is 0 Å². The Morgan fingerprint density at radius 1 is 1.38 bits per heavy atom. The van der Waals surface area contributed by atoms with Gasteiger partial charge in [-0.25, -0.2) is 9.18 Å². The quantitative estimate of drug-likeness (QED) is 0.500. The molecule has 0 saturated heterocycles. The number of anilines is 1. The molecule has 0 aromatic heterocycles. The van der Waals surface area contributed by atoms with Crippen molar-refractivity contribution >= 4 is 35.2 Å². The number of benzene rings is 1. The molecule has 118 valence electrons. The molecule has 3 nitrogen and oxygen atoms in total. The number of hydrogen-bond donors (Lipinski definition) is 1. The average Bonchev–Trinajstić information content (AvgIpc) is 2.36. The fourth-order valence-electron chi connectivity index (χ4n) is 1.44. The summed E-state index contributed by atoms with van der Waals surface area (Å²) < 4.78 is 50.4. The van der Waals surface area contributed by atoms with E-state index in [1.165, 1.54) is 7.05 Å². The first-order valence-electron chi connectivity index (χ1n) is 5.80. The summed E-state index contributed by atoms with van der Waals surface area (Å²) in [5.74, 6) is -0.171. The van der Waals surface area contributed by atoms with Crippen molar-refractivity contribution in [2.45, 2.75) is 10.4 Å². The topological polar surface area (TPSA) is 32.3 Å². The molecule has 0 aliphatic heterocycles. The van der Waals surface area contributed by atoms with E-state index in [2.05, 4.69) is 5.32 Å². The molecule has 0 heterocycles. The van der Waals surface area contributed by atoms with E-state index in [0.717, 1.165) is 23.1 Å². The predicted octanol–water partition coefficient (Wildman–Crippen LogP) is 3.95. The van der Waals surface area contributed by atoms with Crippen LogP contribution in [0.4, 0.5) is 28.0 Å². The number of nitrogens with zero attached hydrogens (tertiary/aromatic N) is 1. The number of carbonyl (C=O) groups excluding carboxylic acids is 1. The lowest BCUT2D eigenvalue weighted by Crippen LogP contribution is -2.38. The zero-order valence-corrected chi connectivity index (χ0v) is 13.0. The molecule has 0 aliphatic carbocycles. The summed E-state index contributed by atoms with van der Waals surface area (Å²) in [6.45, 7) is 0.425. The molecule has 0 unspecified atom stereocenters. The summed E-state index contributed by atoms with van der Waals surface area (Å²) in [5.41, 5.74) is -4.56. The zero-order valence-electron chi connectivity index (χ0n) is 11.3. The van der Waals surface area contributed by atoms with E-state index in [1.54, 1.807) is 11.8 Å². The van der Waals surface area contributed by atoms with Gasteiger partial charge in [-0.05, 0) is 36.2 Å². The number of carbonyl (C=O) groups is 1. The second kappa shape index (κ2) is 7.79. The van der Waals surface area contributed by atoms with Crippen molar-refractivity contribution in [1.29, 1.82) is 0 Å². The van der Waals surface area contributed by atoms with Crippen LogP contribution in [0.3, 0.4) is 0 Å². The van der Waals surface area contributed by atoms with Crippen molar-refractivity contribution in [3.05, 3.63) is 24.0 Å². The van der Waals surface area contributed by atoms with Crippen LogP contribution in [0.15, 0.2) is 23.1 Å². The van der Waals surface area contributed by atoms with Gasteiger partial charge in [0.1, 0.15) is 5.82 Å². The van der Waals surface area contributed by atoms with Gasteiger partial charge >= 0.3 is 11.5 Å². The van der Waals surface area contributed by atoms with Crippen molar-refractivity contribution < 1.29 is 22.4 Å². The molecular formula is C12H14F4N2OS2. The van der Waals surface area contributed by atoms with Crippen molar-refractivity contribution in [2.24, 2.45) is 0 Å². The fraction of sp³-hybridized carbons (Fsp3) is 0.417. The van der Waals surface area contributed by atoms with E-state index in [1.807, 2.05) is 6.26 Å². The summed E-state index contributed by atoms with van der Waals surface area (Å²) >= 11 is 1.14. The van der Waals surface area contributed by atoms with Crippen LogP contribution >= 0.6 is 23.5 Å². The van der Waals surface area contributed by atoms with Crippen LogP contribution in [0.1, 0.15) is 0 Å². The van der Waals surface area contributed by atoms with E-state index < -0.39 is 29.1 Å². The normalized spacial score (nSPS) is 11.3. The third kappa shape index (κ3) is 6.04. The smallest absolute Gasteiger partial charge is 0.337 e. The maximum atomic E-state index is 13.8. The molecule has 0 fully saturated rings. The number of thioether (sulfide) groups is 2. The maximum absolute atomic E-state index is 13.8. The second-order valence-corrected chi connectivity index (χ2v) is 6.07. The largest absolute Gasteiger partial charge is 0.446 e. The third-order valence-corrected chi connectivity index (χ3v) is 3.73. The standard InChI is InChI=1S/C12H14F4N2OS2/c1-18(11(19)17-5-6-20-2)10-4-3-8(7-9(10)13)21-12(14,15)16/h3-4,7H,5-6H2,1-2H3,(H,17,19). The first-order chi connectivity index (χ1) is 9.74. The van der Waals surface area contributed by atoms with E-state index in [0.29, 0.717) is 12.3 Å². The van der Waals surface area contributed by atoms with Crippen LogP contribution in [0.5, 0.6) is 0 Å². The lowest BCUT2D eigenvalue weighted by Gasteiger charge is -2.19. The van der Waals surface area contributed by atoms with Gasteiger partial charge in [-0.2, -0.15) is 24.9 Å². The molecule has 1 rings (SSSR count). The van der Waals surface area contributed by atoms with Crippen LogP contribution < -0.4 is 10.2 Å². The van der Waals surface area contributed by atoms with Crippen molar-refractivity contribution in [2.75, 3.05) is 30.5 Å². The molecular weight excluding hydrogens is 328 g/mol. The summed E-state index contributed by atoms with van der Waals surface area (Å²) in [6.07, 6.45) is 1.88. The van der Waals surface area contributed by atoms with Crippen molar-refractivity contribution in [1.82, 2.24) is 5.32 Å². The van der Waals surface area contributed by atoms with Gasteiger partial charge in [-0.3, -0.25) is 4.90 Å². The number of halogens is 4. The van der Waals surface area contributed by atoms with E-state index in [4.69, 9.17) is 0 Å². The minimum atomic E-state index is -4.48. The molecule has 0 saturated carbocycles. The number of urea groups is 1. The van der Waals surface area contributed by atoms with E-state index in [9.17, 15) is 22.4 Å². The minimum Gasteiger partial charge on any atom is -0.337 e. The molecule has 2 amide bonds. The van der Waals surface area contributed by atoms with Gasteiger partial charge in [-0.1, -0.05) is 0 Å². The third-order valence-electron chi connectivity index (χ3n) is 2.40. The Balaban J connectivity index is 2.77. The minimum absolute atomic E-state index is 0.0804. The Bertz CT molecular complexity index is 497. The highest BCUT2D eigenvalue weighted by molar-refractivity contribution is 8.00. The molecule has 0 radical (unpaired) electrons. The zero-order chi connectivity index (χ0) is 16.0. The number of alkyl halides is 3. The summed E-state index contributed by atoms with van der Waals surface area (Å²) in [4.78, 5) is 12.5. The van der Waals surface area contributed by atoms with Crippen LogP contribution in [-0.2, 0) is 0 Å². The number of rotatable bonds is 5. The van der Waals surface area contributed by atoms with Crippen LogP contribution in [-0.4, -0.2) is 37.1 Å². The SMILES string of the molecule is CSCCNC(=O)N(C)c1ccc(SC(F)(F)F)cc1F. The molecule has 0 aliphatic rings. The van der Waals surface area contributed by atoms with Gasteiger partial charge in [0.05, 0.1) is 5.69 Å². The van der Waals surface area contributed by atoms with Gasteiger partial charge in [0.25, 0.3) is 0 Å². The lowest BCUT2D eigenvalue weighted by atomic mass is 10.3. The average molecular weight is 342 g/mol. The maximum Gasteiger partial charge on any atom is 0.446 e. The highest BCUT2D eigenvalue weighted by atomic mass is 32.2. The predicted molar refractivity (Wildman–Crippen MR) is 78.5 cm³/mol. The van der Waals surface area contributed by atoms with Gasteiger partial charge < -0.3 is 5.32 Å². The molecule has 9 heteroatoms. The molecule has 21 heavy (non-hydrogen) atoms. The summed E-state index contributed by atoms with van der Waals surface area (Å²) in [5, 5.41) is 2.58. The molecule has 1 aromatic rings. The first-order valence-corrected chi connectivity index (χ1v) is 8.01. The molecule has 0 spiro atoms. The van der Waals surface area contributed by atoms with Gasteiger partial charge in [-0.15, -0.1) is 0 Å². The van der Waals surface area contributed by atoms with Crippen LogP contribution in [0.25, 0.3) is 0 Å². The van der Waals surface area contributed by atoms with Gasteiger partial charge in [0.15, 0.2) is 0 Å².